The van der Waals surface area contributed by atoms with E-state index in [1.165, 1.54) is 18.2 Å². The van der Waals surface area contributed by atoms with Crippen LogP contribution in [-0.2, 0) is 0 Å². The molecule has 1 rings (SSSR count). The zero-order valence-electron chi connectivity index (χ0n) is 5.26. The Morgan fingerprint density at radius 3 is 2.70 bits per heavy atom. The van der Waals surface area contributed by atoms with E-state index in [2.05, 4.69) is 6.92 Å². The summed E-state index contributed by atoms with van der Waals surface area (Å²) in [6.45, 7) is 3.54. The first-order valence-corrected chi connectivity index (χ1v) is 2.75. The molecule has 0 aliphatic carbocycles. The fourth-order valence-corrected chi connectivity index (χ4v) is 0.653. The van der Waals surface area contributed by atoms with Crippen molar-refractivity contribution in [2.75, 3.05) is 0 Å². The summed E-state index contributed by atoms with van der Waals surface area (Å²) in [6, 6.07) is 5.76. The summed E-state index contributed by atoms with van der Waals surface area (Å²) in [5, 5.41) is 8.39. The lowest BCUT2D eigenvalue weighted by Crippen LogP contribution is -1.82. The van der Waals surface area contributed by atoms with Crippen LogP contribution in [0.1, 0.15) is 11.1 Å². The molecular weight excluding hydrogens is 129 g/mol. The van der Waals surface area contributed by atoms with Gasteiger partial charge < -0.3 is 0 Å². The van der Waals surface area contributed by atoms with Gasteiger partial charge in [0.15, 0.2) is 0 Å². The van der Waals surface area contributed by atoms with Crippen molar-refractivity contribution >= 4 is 0 Å². The second-order valence-corrected chi connectivity index (χ2v) is 1.91. The van der Waals surface area contributed by atoms with Gasteiger partial charge in [-0.05, 0) is 24.6 Å². The molecule has 0 saturated carbocycles. The van der Waals surface area contributed by atoms with Gasteiger partial charge >= 0.3 is 0 Å². The molecule has 1 aromatic carbocycles. The standard InChI is InChI=1S/C8H5FN/c1-6-2-3-8(9)4-7(6)5-10/h2-4H,1H2. The minimum atomic E-state index is -0.399. The highest BCUT2D eigenvalue weighted by Gasteiger charge is 1.96. The second-order valence-electron chi connectivity index (χ2n) is 1.91. The number of hydrogen-bond donors (Lipinski definition) is 0. The minimum Gasteiger partial charge on any atom is -0.207 e. The third-order valence-electron chi connectivity index (χ3n) is 1.19. The molecule has 0 fully saturated rings. The summed E-state index contributed by atoms with van der Waals surface area (Å²) in [5.41, 5.74) is 0.851. The van der Waals surface area contributed by atoms with E-state index in [0.717, 1.165) is 0 Å². The van der Waals surface area contributed by atoms with Gasteiger partial charge in [0.25, 0.3) is 0 Å². The fourth-order valence-electron chi connectivity index (χ4n) is 0.653. The Kier molecular flexibility index (Phi) is 1.68. The molecule has 0 aliphatic rings. The van der Waals surface area contributed by atoms with Crippen molar-refractivity contribution in [2.45, 2.75) is 0 Å². The number of benzene rings is 1. The normalized spacial score (nSPS) is 8.90. The Balaban J connectivity index is 3.25. The van der Waals surface area contributed by atoms with Crippen LogP contribution < -0.4 is 0 Å². The van der Waals surface area contributed by atoms with Crippen LogP contribution >= 0.6 is 0 Å². The van der Waals surface area contributed by atoms with E-state index < -0.39 is 5.82 Å². The summed E-state index contributed by atoms with van der Waals surface area (Å²) in [5.74, 6) is -0.399. The summed E-state index contributed by atoms with van der Waals surface area (Å²) in [6.07, 6.45) is 0. The van der Waals surface area contributed by atoms with Gasteiger partial charge in [0.1, 0.15) is 5.82 Å². The fraction of sp³-hybridized carbons (Fsp3) is 0. The molecule has 0 heterocycles. The molecule has 1 radical (unpaired) electrons. The molecule has 0 unspecified atom stereocenters. The topological polar surface area (TPSA) is 23.8 Å². The zero-order chi connectivity index (χ0) is 7.56. The lowest BCUT2D eigenvalue weighted by atomic mass is 10.1. The molecule has 0 N–H and O–H groups in total. The molecular formula is C8H5FN. The minimum absolute atomic E-state index is 0.292. The van der Waals surface area contributed by atoms with Crippen LogP contribution in [0.2, 0.25) is 0 Å². The van der Waals surface area contributed by atoms with Crippen LogP contribution in [0.4, 0.5) is 4.39 Å². The van der Waals surface area contributed by atoms with E-state index in [0.29, 0.717) is 11.1 Å². The maximum absolute atomic E-state index is 12.4. The number of nitriles is 1. The molecule has 0 amide bonds. The Morgan fingerprint density at radius 2 is 2.20 bits per heavy atom. The third-order valence-corrected chi connectivity index (χ3v) is 1.19. The molecule has 49 valence electrons. The van der Waals surface area contributed by atoms with Crippen molar-refractivity contribution in [3.63, 3.8) is 0 Å². The lowest BCUT2D eigenvalue weighted by Gasteiger charge is -1.93. The highest BCUT2D eigenvalue weighted by atomic mass is 19.1. The van der Waals surface area contributed by atoms with E-state index in [-0.39, 0.29) is 0 Å². The van der Waals surface area contributed by atoms with Gasteiger partial charge in [-0.25, -0.2) is 4.39 Å². The van der Waals surface area contributed by atoms with E-state index in [4.69, 9.17) is 5.26 Å². The zero-order valence-corrected chi connectivity index (χ0v) is 5.26. The van der Waals surface area contributed by atoms with Gasteiger partial charge in [0.05, 0.1) is 11.6 Å². The largest absolute Gasteiger partial charge is 0.207 e. The molecule has 2 heteroatoms. The molecule has 0 aliphatic heterocycles. The lowest BCUT2D eigenvalue weighted by molar-refractivity contribution is 0.627. The molecule has 0 saturated heterocycles. The number of rotatable bonds is 0. The highest BCUT2D eigenvalue weighted by Crippen LogP contribution is 2.07. The Labute approximate surface area is 58.7 Å². The summed E-state index contributed by atoms with van der Waals surface area (Å²) < 4.78 is 12.4. The summed E-state index contributed by atoms with van der Waals surface area (Å²) in [4.78, 5) is 0. The van der Waals surface area contributed by atoms with Crippen LogP contribution in [-0.4, -0.2) is 0 Å². The first-order valence-electron chi connectivity index (χ1n) is 2.75. The number of nitrogens with zero attached hydrogens (tertiary/aromatic N) is 1. The molecule has 0 bridgehead atoms. The Bertz CT molecular complexity index is 286. The highest BCUT2D eigenvalue weighted by molar-refractivity contribution is 5.39. The van der Waals surface area contributed by atoms with Crippen LogP contribution in [0.5, 0.6) is 0 Å². The monoisotopic (exact) mass is 134 g/mol. The van der Waals surface area contributed by atoms with Crippen LogP contribution in [0.15, 0.2) is 18.2 Å². The smallest absolute Gasteiger partial charge is 0.124 e. The molecule has 10 heavy (non-hydrogen) atoms. The van der Waals surface area contributed by atoms with Crippen molar-refractivity contribution in [3.05, 3.63) is 42.1 Å². The Morgan fingerprint density at radius 1 is 1.50 bits per heavy atom. The molecule has 0 aromatic heterocycles. The molecule has 0 spiro atoms. The van der Waals surface area contributed by atoms with E-state index in [1.54, 1.807) is 0 Å². The first-order chi connectivity index (χ1) is 4.74. The Hall–Kier alpha value is -1.36. The maximum Gasteiger partial charge on any atom is 0.124 e. The van der Waals surface area contributed by atoms with Gasteiger partial charge in [-0.15, -0.1) is 0 Å². The number of hydrogen-bond acceptors (Lipinski definition) is 1. The van der Waals surface area contributed by atoms with Gasteiger partial charge in [-0.1, -0.05) is 6.07 Å². The van der Waals surface area contributed by atoms with Gasteiger partial charge in [-0.2, -0.15) is 5.26 Å². The second kappa shape index (κ2) is 2.49. The van der Waals surface area contributed by atoms with E-state index in [9.17, 15) is 4.39 Å². The molecule has 1 aromatic rings. The van der Waals surface area contributed by atoms with E-state index in [1.807, 2.05) is 6.07 Å². The van der Waals surface area contributed by atoms with Gasteiger partial charge in [0, 0.05) is 0 Å². The van der Waals surface area contributed by atoms with Crippen molar-refractivity contribution in [1.29, 1.82) is 5.26 Å². The van der Waals surface area contributed by atoms with Crippen LogP contribution in [0.25, 0.3) is 0 Å². The van der Waals surface area contributed by atoms with Gasteiger partial charge in [-0.3, -0.25) is 0 Å². The average molecular weight is 134 g/mol. The predicted molar refractivity (Wildman–Crippen MR) is 35.6 cm³/mol. The van der Waals surface area contributed by atoms with Crippen molar-refractivity contribution in [3.8, 4) is 6.07 Å². The number of halogens is 1. The van der Waals surface area contributed by atoms with Crippen LogP contribution in [0.3, 0.4) is 0 Å². The maximum atomic E-state index is 12.4. The summed E-state index contributed by atoms with van der Waals surface area (Å²) in [7, 11) is 0. The van der Waals surface area contributed by atoms with Crippen LogP contribution in [0, 0.1) is 24.1 Å². The molecule has 0 atom stereocenters. The molecule has 1 nitrogen and oxygen atoms in total. The van der Waals surface area contributed by atoms with Crippen molar-refractivity contribution in [1.82, 2.24) is 0 Å². The average Bonchev–Trinajstić information content (AvgIpc) is 1.94. The van der Waals surface area contributed by atoms with Crippen molar-refractivity contribution in [2.24, 2.45) is 0 Å². The predicted octanol–water partition coefficient (Wildman–Crippen LogP) is 1.88. The van der Waals surface area contributed by atoms with Gasteiger partial charge in [0.2, 0.25) is 0 Å². The van der Waals surface area contributed by atoms with E-state index >= 15 is 0 Å². The summed E-state index contributed by atoms with van der Waals surface area (Å²) >= 11 is 0. The third kappa shape index (κ3) is 1.14. The quantitative estimate of drug-likeness (QED) is 0.531. The first kappa shape index (κ1) is 6.76. The van der Waals surface area contributed by atoms with Crippen molar-refractivity contribution < 1.29 is 4.39 Å². The SMILES string of the molecule is [CH2]c1ccc(F)cc1C#N.